The predicted molar refractivity (Wildman–Crippen MR) is 81.1 cm³/mol. The van der Waals surface area contributed by atoms with Crippen molar-refractivity contribution in [3.63, 3.8) is 0 Å². The minimum atomic E-state index is -0.644. The maximum Gasteiger partial charge on any atom is 0.328 e. The summed E-state index contributed by atoms with van der Waals surface area (Å²) in [4.78, 5) is 44.0. The van der Waals surface area contributed by atoms with E-state index in [4.69, 9.17) is 0 Å². The van der Waals surface area contributed by atoms with Crippen LogP contribution in [0.5, 0.6) is 0 Å². The third kappa shape index (κ3) is 2.39. The maximum atomic E-state index is 12.8. The standard InChI is InChI=1S/C15H19N5O3/c1-3-19-12-10(13(21)20(4-2)15(19)23)11(17-14(22)18-12)9-5-7-16-8-6-9/h5-8,10-12H,3-4H2,1-2H3,(H2,17,18,22). The van der Waals surface area contributed by atoms with Crippen LogP contribution >= 0.6 is 0 Å². The van der Waals surface area contributed by atoms with E-state index in [9.17, 15) is 14.4 Å². The molecule has 2 fully saturated rings. The van der Waals surface area contributed by atoms with E-state index in [-0.39, 0.29) is 11.9 Å². The summed E-state index contributed by atoms with van der Waals surface area (Å²) in [5.74, 6) is -0.853. The number of imide groups is 1. The van der Waals surface area contributed by atoms with Crippen LogP contribution in [0.2, 0.25) is 0 Å². The van der Waals surface area contributed by atoms with E-state index < -0.39 is 24.2 Å². The van der Waals surface area contributed by atoms with Crippen LogP contribution in [0.4, 0.5) is 9.59 Å². The number of pyridine rings is 1. The van der Waals surface area contributed by atoms with Gasteiger partial charge in [0.2, 0.25) is 5.91 Å². The molecule has 8 heteroatoms. The summed E-state index contributed by atoms with van der Waals surface area (Å²) in [6, 6.07) is 2.28. The largest absolute Gasteiger partial charge is 0.330 e. The Morgan fingerprint density at radius 1 is 1.09 bits per heavy atom. The predicted octanol–water partition coefficient (Wildman–Crippen LogP) is 0.682. The Morgan fingerprint density at radius 3 is 2.39 bits per heavy atom. The van der Waals surface area contributed by atoms with Crippen molar-refractivity contribution >= 4 is 18.0 Å². The molecule has 5 amide bonds. The van der Waals surface area contributed by atoms with Crippen LogP contribution in [-0.2, 0) is 4.79 Å². The molecule has 0 bridgehead atoms. The van der Waals surface area contributed by atoms with E-state index in [1.165, 1.54) is 9.80 Å². The molecule has 0 radical (unpaired) electrons. The summed E-state index contributed by atoms with van der Waals surface area (Å²) in [6.07, 6.45) is 2.59. The van der Waals surface area contributed by atoms with Gasteiger partial charge in [0, 0.05) is 25.5 Å². The molecule has 2 aliphatic rings. The van der Waals surface area contributed by atoms with Crippen molar-refractivity contribution in [1.29, 1.82) is 0 Å². The molecule has 0 saturated carbocycles. The van der Waals surface area contributed by atoms with Gasteiger partial charge in [-0.15, -0.1) is 0 Å². The van der Waals surface area contributed by atoms with Gasteiger partial charge in [0.25, 0.3) is 0 Å². The monoisotopic (exact) mass is 317 g/mol. The van der Waals surface area contributed by atoms with Crippen LogP contribution in [0.1, 0.15) is 25.5 Å². The molecule has 3 rings (SSSR count). The molecule has 0 aliphatic carbocycles. The quantitative estimate of drug-likeness (QED) is 0.857. The van der Waals surface area contributed by atoms with Gasteiger partial charge in [-0.25, -0.2) is 9.59 Å². The number of carbonyl (C=O) groups is 3. The SMILES string of the molecule is CCN1C(=O)C2C(c3ccncc3)NC(=O)NC2N(CC)C1=O. The van der Waals surface area contributed by atoms with E-state index in [0.29, 0.717) is 13.1 Å². The first kappa shape index (κ1) is 15.3. The Labute approximate surface area is 133 Å². The van der Waals surface area contributed by atoms with E-state index >= 15 is 0 Å². The summed E-state index contributed by atoms with van der Waals surface area (Å²) in [7, 11) is 0. The second-order valence-electron chi connectivity index (χ2n) is 5.50. The lowest BCUT2D eigenvalue weighted by molar-refractivity contribution is -0.141. The number of amides is 5. The molecule has 1 aromatic heterocycles. The van der Waals surface area contributed by atoms with Gasteiger partial charge in [-0.2, -0.15) is 0 Å². The number of fused-ring (bicyclic) bond motifs is 1. The smallest absolute Gasteiger partial charge is 0.328 e. The van der Waals surface area contributed by atoms with Crippen molar-refractivity contribution in [1.82, 2.24) is 25.4 Å². The van der Waals surface area contributed by atoms with Gasteiger partial charge in [0.05, 0.1) is 6.04 Å². The fraction of sp³-hybridized carbons (Fsp3) is 0.467. The number of urea groups is 2. The minimum absolute atomic E-state index is 0.276. The van der Waals surface area contributed by atoms with Gasteiger partial charge < -0.3 is 15.5 Å². The molecular weight excluding hydrogens is 298 g/mol. The highest BCUT2D eigenvalue weighted by Crippen LogP contribution is 2.34. The lowest BCUT2D eigenvalue weighted by Crippen LogP contribution is -2.72. The third-order valence-electron chi connectivity index (χ3n) is 4.35. The minimum Gasteiger partial charge on any atom is -0.330 e. The molecule has 0 spiro atoms. The van der Waals surface area contributed by atoms with E-state index in [1.807, 2.05) is 6.92 Å². The van der Waals surface area contributed by atoms with Crippen LogP contribution < -0.4 is 10.6 Å². The number of nitrogens with one attached hydrogen (secondary N) is 2. The molecule has 8 nitrogen and oxygen atoms in total. The fourth-order valence-electron chi connectivity index (χ4n) is 3.26. The van der Waals surface area contributed by atoms with Gasteiger partial charge in [-0.05, 0) is 31.5 Å². The molecule has 2 N–H and O–H groups in total. The summed E-state index contributed by atoms with van der Waals surface area (Å²) in [5, 5.41) is 5.52. The lowest BCUT2D eigenvalue weighted by atomic mass is 9.86. The molecule has 3 heterocycles. The van der Waals surface area contributed by atoms with E-state index in [0.717, 1.165) is 5.56 Å². The van der Waals surface area contributed by atoms with Crippen molar-refractivity contribution in [3.8, 4) is 0 Å². The first-order chi connectivity index (χ1) is 11.1. The van der Waals surface area contributed by atoms with Crippen LogP contribution in [0, 0.1) is 5.92 Å². The molecule has 2 aliphatic heterocycles. The Kier molecular flexibility index (Phi) is 3.89. The van der Waals surface area contributed by atoms with Crippen molar-refractivity contribution < 1.29 is 14.4 Å². The van der Waals surface area contributed by atoms with Gasteiger partial charge in [0.15, 0.2) is 0 Å². The molecule has 0 aromatic carbocycles. The average molecular weight is 317 g/mol. The Bertz CT molecular complexity index is 635. The normalized spacial score (nSPS) is 27.4. The highest BCUT2D eigenvalue weighted by molar-refractivity contribution is 6.00. The number of hydrogen-bond donors (Lipinski definition) is 2. The number of rotatable bonds is 3. The summed E-state index contributed by atoms with van der Waals surface area (Å²) < 4.78 is 0. The first-order valence-corrected chi connectivity index (χ1v) is 7.67. The van der Waals surface area contributed by atoms with E-state index in [1.54, 1.807) is 31.5 Å². The Balaban J connectivity index is 2.04. The Hall–Kier alpha value is -2.64. The molecular formula is C15H19N5O3. The Morgan fingerprint density at radius 2 is 1.78 bits per heavy atom. The fourth-order valence-corrected chi connectivity index (χ4v) is 3.26. The van der Waals surface area contributed by atoms with Gasteiger partial charge in [0.1, 0.15) is 12.1 Å². The number of carbonyl (C=O) groups excluding carboxylic acids is 3. The average Bonchev–Trinajstić information content (AvgIpc) is 2.55. The second kappa shape index (κ2) is 5.86. The van der Waals surface area contributed by atoms with Gasteiger partial charge in [-0.1, -0.05) is 0 Å². The highest BCUT2D eigenvalue weighted by atomic mass is 16.2. The molecule has 1 aromatic rings. The molecule has 122 valence electrons. The van der Waals surface area contributed by atoms with E-state index in [2.05, 4.69) is 15.6 Å². The molecule has 23 heavy (non-hydrogen) atoms. The molecule has 3 atom stereocenters. The molecule has 2 saturated heterocycles. The summed E-state index contributed by atoms with van der Waals surface area (Å²) in [5.41, 5.74) is 0.791. The van der Waals surface area contributed by atoms with Crippen molar-refractivity contribution in [2.75, 3.05) is 13.1 Å². The zero-order chi connectivity index (χ0) is 16.6. The van der Waals surface area contributed by atoms with Crippen molar-refractivity contribution in [2.24, 2.45) is 5.92 Å². The summed E-state index contributed by atoms with van der Waals surface area (Å²) >= 11 is 0. The number of hydrogen-bond acceptors (Lipinski definition) is 4. The van der Waals surface area contributed by atoms with Crippen molar-refractivity contribution in [2.45, 2.75) is 26.1 Å². The zero-order valence-electron chi connectivity index (χ0n) is 13.0. The third-order valence-corrected chi connectivity index (χ3v) is 4.35. The zero-order valence-corrected chi connectivity index (χ0v) is 13.0. The highest BCUT2D eigenvalue weighted by Gasteiger charge is 2.52. The number of nitrogens with zero attached hydrogens (tertiary/aromatic N) is 3. The molecule has 3 unspecified atom stereocenters. The first-order valence-electron chi connectivity index (χ1n) is 7.67. The maximum absolute atomic E-state index is 12.8. The lowest BCUT2D eigenvalue weighted by Gasteiger charge is -2.49. The summed E-state index contributed by atoms with van der Waals surface area (Å²) in [6.45, 7) is 4.30. The second-order valence-corrected chi connectivity index (χ2v) is 5.50. The van der Waals surface area contributed by atoms with Crippen LogP contribution in [0.25, 0.3) is 0 Å². The van der Waals surface area contributed by atoms with Gasteiger partial charge >= 0.3 is 12.1 Å². The van der Waals surface area contributed by atoms with Crippen LogP contribution in [0.3, 0.4) is 0 Å². The van der Waals surface area contributed by atoms with Gasteiger partial charge in [-0.3, -0.25) is 14.7 Å². The van der Waals surface area contributed by atoms with Crippen molar-refractivity contribution in [3.05, 3.63) is 30.1 Å². The topological polar surface area (TPSA) is 94.6 Å². The van der Waals surface area contributed by atoms with Crippen LogP contribution in [-0.4, -0.2) is 52.0 Å². The van der Waals surface area contributed by atoms with Crippen LogP contribution in [0.15, 0.2) is 24.5 Å². The number of aromatic nitrogens is 1.